The van der Waals surface area contributed by atoms with Gasteiger partial charge in [0.25, 0.3) is 0 Å². The van der Waals surface area contributed by atoms with E-state index in [0.29, 0.717) is 6.54 Å². The highest BCUT2D eigenvalue weighted by Gasteiger charge is 2.24. The molecule has 0 atom stereocenters. The van der Waals surface area contributed by atoms with E-state index in [1.165, 1.54) is 7.11 Å². The van der Waals surface area contributed by atoms with Crippen LogP contribution in [0.5, 0.6) is 0 Å². The Morgan fingerprint density at radius 3 is 2.43 bits per heavy atom. The summed E-state index contributed by atoms with van der Waals surface area (Å²) in [5.41, 5.74) is 5.19. The van der Waals surface area contributed by atoms with Gasteiger partial charge in [-0.25, -0.2) is 0 Å². The number of piperidine rings is 1. The van der Waals surface area contributed by atoms with Crippen molar-refractivity contribution < 1.29 is 14.3 Å². The standard InChI is InChI=1S/C9H16N2O3/c1-14-8(12)6-11-4-2-7(3-5-11)9(10)13/h7H,2-6H2,1H3,(H2,10,13). The van der Waals surface area contributed by atoms with E-state index in [1.54, 1.807) is 0 Å². The first-order chi connectivity index (χ1) is 6.63. The summed E-state index contributed by atoms with van der Waals surface area (Å²) in [7, 11) is 1.37. The van der Waals surface area contributed by atoms with Crippen LogP contribution >= 0.6 is 0 Å². The Labute approximate surface area is 83.2 Å². The molecular weight excluding hydrogens is 184 g/mol. The highest BCUT2D eigenvalue weighted by atomic mass is 16.5. The summed E-state index contributed by atoms with van der Waals surface area (Å²) in [6.45, 7) is 1.79. The van der Waals surface area contributed by atoms with E-state index in [1.807, 2.05) is 4.90 Å². The first-order valence-corrected chi connectivity index (χ1v) is 4.72. The van der Waals surface area contributed by atoms with Crippen LogP contribution in [0.3, 0.4) is 0 Å². The Morgan fingerprint density at radius 1 is 1.43 bits per heavy atom. The Morgan fingerprint density at radius 2 is 2.00 bits per heavy atom. The van der Waals surface area contributed by atoms with Crippen molar-refractivity contribution in [2.24, 2.45) is 11.7 Å². The molecule has 2 N–H and O–H groups in total. The number of carbonyl (C=O) groups is 2. The van der Waals surface area contributed by atoms with Gasteiger partial charge < -0.3 is 10.5 Å². The van der Waals surface area contributed by atoms with Crippen molar-refractivity contribution in [1.82, 2.24) is 4.90 Å². The van der Waals surface area contributed by atoms with Crippen LogP contribution in [-0.4, -0.2) is 43.5 Å². The molecule has 1 heterocycles. The summed E-state index contributed by atoms with van der Waals surface area (Å²) >= 11 is 0. The van der Waals surface area contributed by atoms with Gasteiger partial charge >= 0.3 is 5.97 Å². The normalized spacial score (nSPS) is 19.2. The van der Waals surface area contributed by atoms with Gasteiger partial charge in [0.2, 0.25) is 5.91 Å². The molecule has 1 fully saturated rings. The maximum absolute atomic E-state index is 10.9. The molecule has 14 heavy (non-hydrogen) atoms. The van der Waals surface area contributed by atoms with Crippen LogP contribution in [0.2, 0.25) is 0 Å². The fraction of sp³-hybridized carbons (Fsp3) is 0.778. The Balaban J connectivity index is 2.29. The Kier molecular flexibility index (Phi) is 3.88. The summed E-state index contributed by atoms with van der Waals surface area (Å²) in [4.78, 5) is 23.8. The second-order valence-electron chi connectivity index (χ2n) is 3.53. The van der Waals surface area contributed by atoms with Gasteiger partial charge in [-0.15, -0.1) is 0 Å². The average molecular weight is 200 g/mol. The van der Waals surface area contributed by atoms with Crippen molar-refractivity contribution in [2.75, 3.05) is 26.7 Å². The van der Waals surface area contributed by atoms with Crippen LogP contribution in [0.15, 0.2) is 0 Å². The maximum atomic E-state index is 10.9. The SMILES string of the molecule is COC(=O)CN1CCC(C(N)=O)CC1. The number of likely N-dealkylation sites (tertiary alicyclic amines) is 1. The average Bonchev–Trinajstić information content (AvgIpc) is 2.18. The second kappa shape index (κ2) is 4.95. The lowest BCUT2D eigenvalue weighted by atomic mass is 9.96. The van der Waals surface area contributed by atoms with Crippen LogP contribution in [0.1, 0.15) is 12.8 Å². The third kappa shape index (κ3) is 2.99. The molecule has 5 nitrogen and oxygen atoms in total. The van der Waals surface area contributed by atoms with Crippen LogP contribution in [0.25, 0.3) is 0 Å². The number of hydrogen-bond acceptors (Lipinski definition) is 4. The van der Waals surface area contributed by atoms with E-state index in [4.69, 9.17) is 5.73 Å². The first-order valence-electron chi connectivity index (χ1n) is 4.72. The highest BCUT2D eigenvalue weighted by molar-refractivity contribution is 5.76. The molecule has 0 radical (unpaired) electrons. The zero-order valence-electron chi connectivity index (χ0n) is 8.36. The number of nitrogens with zero attached hydrogens (tertiary/aromatic N) is 1. The van der Waals surface area contributed by atoms with Gasteiger partial charge in [0, 0.05) is 5.92 Å². The number of nitrogens with two attached hydrogens (primary N) is 1. The molecule has 0 aromatic rings. The summed E-state index contributed by atoms with van der Waals surface area (Å²) in [6, 6.07) is 0. The molecule has 0 spiro atoms. The van der Waals surface area contributed by atoms with Crippen molar-refractivity contribution in [1.29, 1.82) is 0 Å². The molecule has 1 aliphatic heterocycles. The van der Waals surface area contributed by atoms with Gasteiger partial charge in [0.05, 0.1) is 13.7 Å². The van der Waals surface area contributed by atoms with Crippen LogP contribution < -0.4 is 5.73 Å². The first kappa shape index (κ1) is 11.0. The monoisotopic (exact) mass is 200 g/mol. The molecule has 0 aromatic carbocycles. The van der Waals surface area contributed by atoms with Crippen LogP contribution in [0, 0.1) is 5.92 Å². The number of methoxy groups -OCH3 is 1. The number of carbonyl (C=O) groups excluding carboxylic acids is 2. The number of primary amides is 1. The topological polar surface area (TPSA) is 72.6 Å². The third-order valence-electron chi connectivity index (χ3n) is 2.57. The molecule has 1 rings (SSSR count). The maximum Gasteiger partial charge on any atom is 0.319 e. The van der Waals surface area contributed by atoms with Crippen LogP contribution in [-0.2, 0) is 14.3 Å². The van der Waals surface area contributed by atoms with Crippen molar-refractivity contribution in [2.45, 2.75) is 12.8 Å². The number of esters is 1. The zero-order valence-corrected chi connectivity index (χ0v) is 8.36. The smallest absolute Gasteiger partial charge is 0.319 e. The summed E-state index contributed by atoms with van der Waals surface area (Å²) in [5.74, 6) is -0.492. The number of hydrogen-bond donors (Lipinski definition) is 1. The lowest BCUT2D eigenvalue weighted by Crippen LogP contribution is -2.41. The largest absolute Gasteiger partial charge is 0.468 e. The van der Waals surface area contributed by atoms with Crippen molar-refractivity contribution in [3.8, 4) is 0 Å². The van der Waals surface area contributed by atoms with Crippen LogP contribution in [0.4, 0.5) is 0 Å². The molecule has 1 saturated heterocycles. The van der Waals surface area contributed by atoms with Gasteiger partial charge in [0.1, 0.15) is 0 Å². The molecule has 5 heteroatoms. The minimum absolute atomic E-state index is 0.0242. The Bertz CT molecular complexity index is 222. The molecule has 0 saturated carbocycles. The summed E-state index contributed by atoms with van der Waals surface area (Å²) in [5, 5.41) is 0. The van der Waals surface area contributed by atoms with Crippen molar-refractivity contribution >= 4 is 11.9 Å². The van der Waals surface area contributed by atoms with E-state index in [2.05, 4.69) is 4.74 Å². The highest BCUT2D eigenvalue weighted by Crippen LogP contribution is 2.16. The number of ether oxygens (including phenoxy) is 1. The third-order valence-corrected chi connectivity index (χ3v) is 2.57. The van der Waals surface area contributed by atoms with Crippen molar-refractivity contribution in [3.63, 3.8) is 0 Å². The van der Waals surface area contributed by atoms with E-state index < -0.39 is 0 Å². The number of rotatable bonds is 3. The molecule has 1 amide bonds. The van der Waals surface area contributed by atoms with Gasteiger partial charge in [0.15, 0.2) is 0 Å². The predicted octanol–water partition coefficient (Wildman–Crippen LogP) is -0.643. The summed E-state index contributed by atoms with van der Waals surface area (Å²) < 4.78 is 4.56. The fourth-order valence-electron chi connectivity index (χ4n) is 1.62. The van der Waals surface area contributed by atoms with E-state index >= 15 is 0 Å². The molecule has 0 bridgehead atoms. The van der Waals surface area contributed by atoms with Gasteiger partial charge in [-0.05, 0) is 25.9 Å². The predicted molar refractivity (Wildman–Crippen MR) is 50.4 cm³/mol. The Hall–Kier alpha value is -1.10. The van der Waals surface area contributed by atoms with Gasteiger partial charge in [-0.1, -0.05) is 0 Å². The minimum Gasteiger partial charge on any atom is -0.468 e. The van der Waals surface area contributed by atoms with Crippen molar-refractivity contribution in [3.05, 3.63) is 0 Å². The zero-order chi connectivity index (χ0) is 10.6. The number of amides is 1. The van der Waals surface area contributed by atoms with Gasteiger partial charge in [-0.2, -0.15) is 0 Å². The molecule has 80 valence electrons. The molecule has 0 aliphatic carbocycles. The second-order valence-corrected chi connectivity index (χ2v) is 3.53. The lowest BCUT2D eigenvalue weighted by molar-refractivity contribution is -0.142. The van der Waals surface area contributed by atoms with Gasteiger partial charge in [-0.3, -0.25) is 14.5 Å². The van der Waals surface area contributed by atoms with E-state index in [9.17, 15) is 9.59 Å². The molecule has 0 aromatic heterocycles. The quantitative estimate of drug-likeness (QED) is 0.615. The summed E-state index contributed by atoms with van der Waals surface area (Å²) in [6.07, 6.45) is 1.48. The molecule has 1 aliphatic rings. The molecule has 0 unspecified atom stereocenters. The van der Waals surface area contributed by atoms with E-state index in [-0.39, 0.29) is 17.8 Å². The fourth-order valence-corrected chi connectivity index (χ4v) is 1.62. The lowest BCUT2D eigenvalue weighted by Gasteiger charge is -2.29. The minimum atomic E-state index is -0.234. The van der Waals surface area contributed by atoms with E-state index in [0.717, 1.165) is 25.9 Å². The molecular formula is C9H16N2O3.